The molecule has 2 rings (SSSR count). The lowest BCUT2D eigenvalue weighted by atomic mass is 10.2. The minimum absolute atomic E-state index is 0.693. The van der Waals surface area contributed by atoms with Gasteiger partial charge < -0.3 is 4.74 Å². The smallest absolute Gasteiger partial charge is 0.147 e. The van der Waals surface area contributed by atoms with Crippen LogP contribution in [-0.2, 0) is 6.42 Å². The van der Waals surface area contributed by atoms with E-state index in [0.717, 1.165) is 34.2 Å². The fraction of sp³-hybridized carbons (Fsp3) is 0.385. The summed E-state index contributed by atoms with van der Waals surface area (Å²) in [6.45, 7) is 4.83. The molecule has 1 aromatic carbocycles. The van der Waals surface area contributed by atoms with Crippen molar-refractivity contribution in [2.24, 2.45) is 0 Å². The maximum absolute atomic E-state index is 5.41. The van der Waals surface area contributed by atoms with E-state index in [1.807, 2.05) is 31.2 Å². The maximum Gasteiger partial charge on any atom is 0.147 e. The third kappa shape index (κ3) is 3.03. The van der Waals surface area contributed by atoms with Crippen molar-refractivity contribution in [3.8, 4) is 16.3 Å². The van der Waals surface area contributed by atoms with Gasteiger partial charge in [-0.05, 0) is 37.6 Å². The van der Waals surface area contributed by atoms with Crippen LogP contribution in [0.25, 0.3) is 10.6 Å². The molecule has 0 aliphatic carbocycles. The van der Waals surface area contributed by atoms with Gasteiger partial charge in [0.25, 0.3) is 0 Å². The Kier molecular flexibility index (Phi) is 4.09. The molecule has 0 aliphatic rings. The summed E-state index contributed by atoms with van der Waals surface area (Å²) in [7, 11) is 0. The van der Waals surface area contributed by atoms with Gasteiger partial charge in [-0.15, -0.1) is 10.2 Å². The third-order valence-electron chi connectivity index (χ3n) is 2.34. The molecular formula is C13H16N2OS. The summed E-state index contributed by atoms with van der Waals surface area (Å²) in [6, 6.07) is 8.00. The van der Waals surface area contributed by atoms with E-state index in [0.29, 0.717) is 6.61 Å². The van der Waals surface area contributed by atoms with Gasteiger partial charge in [-0.3, -0.25) is 0 Å². The van der Waals surface area contributed by atoms with E-state index < -0.39 is 0 Å². The van der Waals surface area contributed by atoms with Crippen LogP contribution in [0.3, 0.4) is 0 Å². The lowest BCUT2D eigenvalue weighted by molar-refractivity contribution is 0.340. The first-order valence-electron chi connectivity index (χ1n) is 5.89. The highest BCUT2D eigenvalue weighted by Gasteiger charge is 2.05. The monoisotopic (exact) mass is 248 g/mol. The average Bonchev–Trinajstić information content (AvgIpc) is 2.80. The van der Waals surface area contributed by atoms with Crippen LogP contribution in [0, 0.1) is 0 Å². The van der Waals surface area contributed by atoms with E-state index >= 15 is 0 Å². The molecule has 0 unspecified atom stereocenters. The highest BCUT2D eigenvalue weighted by molar-refractivity contribution is 7.14. The molecule has 0 bridgehead atoms. The van der Waals surface area contributed by atoms with Crippen molar-refractivity contribution in [2.45, 2.75) is 26.7 Å². The molecule has 0 N–H and O–H groups in total. The number of ether oxygens (including phenoxy) is 1. The van der Waals surface area contributed by atoms with Gasteiger partial charge in [-0.2, -0.15) is 0 Å². The van der Waals surface area contributed by atoms with Crippen molar-refractivity contribution < 1.29 is 4.74 Å². The molecule has 0 saturated heterocycles. The van der Waals surface area contributed by atoms with Crippen molar-refractivity contribution in [2.75, 3.05) is 6.61 Å². The largest absolute Gasteiger partial charge is 0.494 e. The summed E-state index contributed by atoms with van der Waals surface area (Å²) in [6.07, 6.45) is 2.12. The van der Waals surface area contributed by atoms with Crippen LogP contribution in [0.4, 0.5) is 0 Å². The van der Waals surface area contributed by atoms with Gasteiger partial charge in [0.05, 0.1) is 6.61 Å². The van der Waals surface area contributed by atoms with E-state index in [1.165, 1.54) is 0 Å². The summed E-state index contributed by atoms with van der Waals surface area (Å²) in [5.41, 5.74) is 1.10. The molecule has 90 valence electrons. The number of benzene rings is 1. The van der Waals surface area contributed by atoms with Crippen LogP contribution >= 0.6 is 11.3 Å². The molecule has 0 saturated carbocycles. The van der Waals surface area contributed by atoms with Crippen LogP contribution in [0.2, 0.25) is 0 Å². The average molecular weight is 248 g/mol. The Hall–Kier alpha value is -1.42. The Balaban J connectivity index is 2.15. The van der Waals surface area contributed by atoms with Gasteiger partial charge in [-0.25, -0.2) is 0 Å². The van der Waals surface area contributed by atoms with Crippen molar-refractivity contribution in [1.82, 2.24) is 10.2 Å². The van der Waals surface area contributed by atoms with E-state index in [1.54, 1.807) is 11.3 Å². The summed E-state index contributed by atoms with van der Waals surface area (Å²) in [4.78, 5) is 0. The Morgan fingerprint density at radius 3 is 2.53 bits per heavy atom. The van der Waals surface area contributed by atoms with Crippen LogP contribution < -0.4 is 4.74 Å². The number of aromatic nitrogens is 2. The number of rotatable bonds is 5. The summed E-state index contributed by atoms with van der Waals surface area (Å²) in [5.74, 6) is 0.898. The summed E-state index contributed by atoms with van der Waals surface area (Å²) in [5, 5.41) is 10.5. The second kappa shape index (κ2) is 5.77. The molecular weight excluding hydrogens is 232 g/mol. The zero-order valence-electron chi connectivity index (χ0n) is 10.1. The quantitative estimate of drug-likeness (QED) is 0.811. The minimum Gasteiger partial charge on any atom is -0.494 e. The lowest BCUT2D eigenvalue weighted by Gasteiger charge is -2.02. The Morgan fingerprint density at radius 1 is 1.12 bits per heavy atom. The fourth-order valence-corrected chi connectivity index (χ4v) is 2.49. The lowest BCUT2D eigenvalue weighted by Crippen LogP contribution is -1.90. The van der Waals surface area contributed by atoms with E-state index in [2.05, 4.69) is 17.1 Å². The molecule has 0 spiro atoms. The van der Waals surface area contributed by atoms with Crippen molar-refractivity contribution in [3.05, 3.63) is 29.3 Å². The zero-order valence-corrected chi connectivity index (χ0v) is 11.0. The molecule has 1 aromatic heterocycles. The summed E-state index contributed by atoms with van der Waals surface area (Å²) < 4.78 is 5.41. The highest BCUT2D eigenvalue weighted by atomic mass is 32.1. The van der Waals surface area contributed by atoms with Crippen LogP contribution in [0.1, 0.15) is 25.3 Å². The second-order valence-electron chi connectivity index (χ2n) is 3.71. The molecule has 1 heterocycles. The number of hydrogen-bond donors (Lipinski definition) is 0. The Bertz CT molecular complexity index is 465. The summed E-state index contributed by atoms with van der Waals surface area (Å²) >= 11 is 1.67. The molecule has 2 aromatic rings. The minimum atomic E-state index is 0.693. The molecule has 0 atom stereocenters. The van der Waals surface area contributed by atoms with Gasteiger partial charge in [0.15, 0.2) is 0 Å². The SMILES string of the molecule is CCCc1nnc(-c2ccc(OCC)cc2)s1. The van der Waals surface area contributed by atoms with Crippen molar-refractivity contribution in [1.29, 1.82) is 0 Å². The van der Waals surface area contributed by atoms with Gasteiger partial charge in [0, 0.05) is 12.0 Å². The van der Waals surface area contributed by atoms with E-state index in [9.17, 15) is 0 Å². The predicted molar refractivity (Wildman–Crippen MR) is 70.5 cm³/mol. The Morgan fingerprint density at radius 2 is 1.88 bits per heavy atom. The van der Waals surface area contributed by atoms with Crippen LogP contribution in [0.15, 0.2) is 24.3 Å². The van der Waals surface area contributed by atoms with Crippen molar-refractivity contribution >= 4 is 11.3 Å². The number of nitrogens with zero attached hydrogens (tertiary/aromatic N) is 2. The molecule has 0 amide bonds. The van der Waals surface area contributed by atoms with Crippen LogP contribution in [0.5, 0.6) is 5.75 Å². The van der Waals surface area contributed by atoms with E-state index in [4.69, 9.17) is 4.74 Å². The molecule has 0 radical (unpaired) electrons. The molecule has 0 fully saturated rings. The van der Waals surface area contributed by atoms with Crippen molar-refractivity contribution in [3.63, 3.8) is 0 Å². The topological polar surface area (TPSA) is 35.0 Å². The normalized spacial score (nSPS) is 10.5. The first-order valence-corrected chi connectivity index (χ1v) is 6.70. The molecule has 0 aliphatic heterocycles. The molecule has 3 nitrogen and oxygen atoms in total. The third-order valence-corrected chi connectivity index (χ3v) is 3.38. The van der Waals surface area contributed by atoms with Gasteiger partial charge in [0.1, 0.15) is 15.8 Å². The number of hydrogen-bond acceptors (Lipinski definition) is 4. The first-order chi connectivity index (χ1) is 8.33. The van der Waals surface area contributed by atoms with Gasteiger partial charge in [0.2, 0.25) is 0 Å². The molecule has 17 heavy (non-hydrogen) atoms. The van der Waals surface area contributed by atoms with Gasteiger partial charge >= 0.3 is 0 Å². The first kappa shape index (κ1) is 12.0. The number of aryl methyl sites for hydroxylation is 1. The highest BCUT2D eigenvalue weighted by Crippen LogP contribution is 2.25. The van der Waals surface area contributed by atoms with Crippen LogP contribution in [-0.4, -0.2) is 16.8 Å². The van der Waals surface area contributed by atoms with E-state index in [-0.39, 0.29) is 0 Å². The molecule has 4 heteroatoms. The predicted octanol–water partition coefficient (Wildman–Crippen LogP) is 3.56. The maximum atomic E-state index is 5.41. The van der Waals surface area contributed by atoms with Gasteiger partial charge in [-0.1, -0.05) is 18.3 Å². The Labute approximate surface area is 105 Å². The standard InChI is InChI=1S/C13H16N2OS/c1-3-5-12-14-15-13(17-12)10-6-8-11(9-7-10)16-4-2/h6-9H,3-5H2,1-2H3. The zero-order chi connectivity index (χ0) is 12.1. The fourth-order valence-electron chi connectivity index (χ4n) is 1.55. The second-order valence-corrected chi connectivity index (χ2v) is 4.77.